The van der Waals surface area contributed by atoms with E-state index in [0.29, 0.717) is 5.69 Å². The second-order valence-corrected chi connectivity index (χ2v) is 5.29. The van der Waals surface area contributed by atoms with Crippen molar-refractivity contribution in [3.8, 4) is 0 Å². The Morgan fingerprint density at radius 1 is 1.14 bits per heavy atom. The minimum Gasteiger partial charge on any atom is -0.465 e. The lowest BCUT2D eigenvalue weighted by Gasteiger charge is -2.16. The standard InChI is InChI=1S/C14H16BrNO4S/c1-3-19-13(17)11(14(18)20-4-2)12(21)16-10-7-5-9(15)6-8-10/h5-8,11H,3-4H2,1-2H3,(H,16,21). The van der Waals surface area contributed by atoms with Crippen LogP contribution in [0.3, 0.4) is 0 Å². The van der Waals surface area contributed by atoms with Crippen molar-refractivity contribution in [1.82, 2.24) is 0 Å². The van der Waals surface area contributed by atoms with Crippen LogP contribution in [-0.2, 0) is 19.1 Å². The molecular formula is C14H16BrNO4S. The average molecular weight is 374 g/mol. The summed E-state index contributed by atoms with van der Waals surface area (Å²) in [5, 5.41) is 2.86. The fourth-order valence-electron chi connectivity index (χ4n) is 1.51. The normalized spacial score (nSPS) is 10.1. The Kier molecular flexibility index (Phi) is 7.31. The van der Waals surface area contributed by atoms with Gasteiger partial charge in [-0.25, -0.2) is 0 Å². The summed E-state index contributed by atoms with van der Waals surface area (Å²) in [5.74, 6) is -2.69. The van der Waals surface area contributed by atoms with E-state index in [1.165, 1.54) is 0 Å². The molecule has 21 heavy (non-hydrogen) atoms. The molecule has 114 valence electrons. The zero-order valence-electron chi connectivity index (χ0n) is 11.7. The zero-order chi connectivity index (χ0) is 15.8. The van der Waals surface area contributed by atoms with Gasteiger partial charge in [0, 0.05) is 10.2 Å². The Hall–Kier alpha value is -1.47. The summed E-state index contributed by atoms with van der Waals surface area (Å²) in [5.41, 5.74) is 0.668. The Balaban J connectivity index is 2.86. The minimum absolute atomic E-state index is 0.0502. The van der Waals surface area contributed by atoms with Crippen LogP contribution in [0.25, 0.3) is 0 Å². The molecule has 0 heterocycles. The van der Waals surface area contributed by atoms with Gasteiger partial charge < -0.3 is 14.8 Å². The van der Waals surface area contributed by atoms with Crippen LogP contribution in [0.15, 0.2) is 28.7 Å². The number of halogens is 1. The number of esters is 2. The number of nitrogens with one attached hydrogen (secondary N) is 1. The lowest BCUT2D eigenvalue weighted by Crippen LogP contribution is -2.37. The molecule has 0 aliphatic rings. The van der Waals surface area contributed by atoms with Crippen LogP contribution in [0.4, 0.5) is 5.69 Å². The SMILES string of the molecule is CCOC(=O)C(C(=O)OCC)C(=S)Nc1ccc(Br)cc1. The number of benzene rings is 1. The van der Waals surface area contributed by atoms with Crippen molar-refractivity contribution >= 4 is 50.8 Å². The Morgan fingerprint density at radius 2 is 1.62 bits per heavy atom. The third-order valence-corrected chi connectivity index (χ3v) is 3.28. The van der Waals surface area contributed by atoms with Gasteiger partial charge in [0.05, 0.1) is 13.2 Å². The van der Waals surface area contributed by atoms with Gasteiger partial charge in [-0.05, 0) is 38.1 Å². The highest BCUT2D eigenvalue weighted by atomic mass is 79.9. The van der Waals surface area contributed by atoms with Crippen molar-refractivity contribution in [2.75, 3.05) is 18.5 Å². The fourth-order valence-corrected chi connectivity index (χ4v) is 2.08. The highest BCUT2D eigenvalue weighted by Crippen LogP contribution is 2.16. The van der Waals surface area contributed by atoms with Crippen LogP contribution in [0, 0.1) is 5.92 Å². The van der Waals surface area contributed by atoms with Gasteiger partial charge in [-0.3, -0.25) is 9.59 Å². The largest absolute Gasteiger partial charge is 0.465 e. The van der Waals surface area contributed by atoms with Gasteiger partial charge in [0.2, 0.25) is 5.92 Å². The predicted octanol–water partition coefficient (Wildman–Crippen LogP) is 2.93. The molecule has 0 amide bonds. The Bertz CT molecular complexity index is 500. The molecule has 5 nitrogen and oxygen atoms in total. The maximum absolute atomic E-state index is 11.9. The molecule has 0 spiro atoms. The number of anilines is 1. The maximum atomic E-state index is 11.9. The smallest absolute Gasteiger partial charge is 0.327 e. The van der Waals surface area contributed by atoms with Crippen molar-refractivity contribution in [2.24, 2.45) is 5.92 Å². The van der Waals surface area contributed by atoms with E-state index in [1.54, 1.807) is 26.0 Å². The van der Waals surface area contributed by atoms with E-state index in [2.05, 4.69) is 21.2 Å². The van der Waals surface area contributed by atoms with Crippen LogP contribution >= 0.6 is 28.1 Å². The number of carbonyl (C=O) groups excluding carboxylic acids is 2. The summed E-state index contributed by atoms with van der Waals surface area (Å²) >= 11 is 8.47. The first-order valence-electron chi connectivity index (χ1n) is 6.39. The number of ether oxygens (including phenoxy) is 2. The number of carbonyl (C=O) groups is 2. The molecule has 0 bridgehead atoms. The second kappa shape index (κ2) is 8.74. The summed E-state index contributed by atoms with van der Waals surface area (Å²) in [6, 6.07) is 7.16. The summed E-state index contributed by atoms with van der Waals surface area (Å²) < 4.78 is 10.7. The van der Waals surface area contributed by atoms with Crippen molar-refractivity contribution in [2.45, 2.75) is 13.8 Å². The van der Waals surface area contributed by atoms with Gasteiger partial charge in [0.1, 0.15) is 4.99 Å². The van der Waals surface area contributed by atoms with E-state index < -0.39 is 17.9 Å². The molecule has 0 saturated carbocycles. The van der Waals surface area contributed by atoms with Crippen LogP contribution in [0.2, 0.25) is 0 Å². The monoisotopic (exact) mass is 373 g/mol. The molecule has 1 aromatic rings. The number of thiocarbonyl (C=S) groups is 1. The molecular weight excluding hydrogens is 358 g/mol. The van der Waals surface area contributed by atoms with Gasteiger partial charge in [-0.2, -0.15) is 0 Å². The topological polar surface area (TPSA) is 64.6 Å². The molecule has 0 unspecified atom stereocenters. The van der Waals surface area contributed by atoms with E-state index in [4.69, 9.17) is 21.7 Å². The van der Waals surface area contributed by atoms with E-state index in [1.807, 2.05) is 12.1 Å². The molecule has 0 aliphatic heterocycles. The molecule has 0 atom stereocenters. The zero-order valence-corrected chi connectivity index (χ0v) is 14.1. The predicted molar refractivity (Wildman–Crippen MR) is 87.1 cm³/mol. The van der Waals surface area contributed by atoms with Gasteiger partial charge in [-0.15, -0.1) is 0 Å². The maximum Gasteiger partial charge on any atom is 0.327 e. The fraction of sp³-hybridized carbons (Fsp3) is 0.357. The minimum atomic E-state index is -1.26. The molecule has 0 saturated heterocycles. The summed E-state index contributed by atoms with van der Waals surface area (Å²) in [6.07, 6.45) is 0. The number of hydrogen-bond acceptors (Lipinski definition) is 5. The molecule has 0 fully saturated rings. The molecule has 0 radical (unpaired) electrons. The van der Waals surface area contributed by atoms with Gasteiger partial charge >= 0.3 is 11.9 Å². The number of rotatable bonds is 6. The van der Waals surface area contributed by atoms with E-state index in [-0.39, 0.29) is 18.2 Å². The molecule has 7 heteroatoms. The third kappa shape index (κ3) is 5.43. The first kappa shape index (κ1) is 17.6. The lowest BCUT2D eigenvalue weighted by atomic mass is 10.1. The summed E-state index contributed by atoms with van der Waals surface area (Å²) in [4.78, 5) is 23.8. The summed E-state index contributed by atoms with van der Waals surface area (Å²) in [6.45, 7) is 3.64. The van der Waals surface area contributed by atoms with Crippen molar-refractivity contribution < 1.29 is 19.1 Å². The Morgan fingerprint density at radius 3 is 2.05 bits per heavy atom. The van der Waals surface area contributed by atoms with Crippen LogP contribution in [0.1, 0.15) is 13.8 Å². The van der Waals surface area contributed by atoms with Gasteiger partial charge in [0.15, 0.2) is 0 Å². The third-order valence-electron chi connectivity index (χ3n) is 2.42. The first-order chi connectivity index (χ1) is 9.99. The molecule has 0 aromatic heterocycles. The van der Waals surface area contributed by atoms with E-state index in [0.717, 1.165) is 4.47 Å². The van der Waals surface area contributed by atoms with Crippen molar-refractivity contribution in [1.29, 1.82) is 0 Å². The quantitative estimate of drug-likeness (QED) is 0.469. The highest BCUT2D eigenvalue weighted by Gasteiger charge is 2.34. The van der Waals surface area contributed by atoms with Crippen LogP contribution in [-0.4, -0.2) is 30.1 Å². The number of hydrogen-bond donors (Lipinski definition) is 1. The van der Waals surface area contributed by atoms with Crippen molar-refractivity contribution in [3.63, 3.8) is 0 Å². The lowest BCUT2D eigenvalue weighted by molar-refractivity contribution is -0.157. The van der Waals surface area contributed by atoms with Gasteiger partial charge in [0.25, 0.3) is 0 Å². The summed E-state index contributed by atoms with van der Waals surface area (Å²) in [7, 11) is 0. The Labute approximate surface area is 137 Å². The van der Waals surface area contributed by atoms with Crippen LogP contribution in [0.5, 0.6) is 0 Å². The average Bonchev–Trinajstić information content (AvgIpc) is 2.42. The van der Waals surface area contributed by atoms with Crippen LogP contribution < -0.4 is 5.32 Å². The van der Waals surface area contributed by atoms with Gasteiger partial charge in [-0.1, -0.05) is 28.1 Å². The second-order valence-electron chi connectivity index (χ2n) is 3.93. The molecule has 1 rings (SSSR count). The highest BCUT2D eigenvalue weighted by molar-refractivity contribution is 9.10. The van der Waals surface area contributed by atoms with E-state index >= 15 is 0 Å². The van der Waals surface area contributed by atoms with E-state index in [9.17, 15) is 9.59 Å². The molecule has 1 aromatic carbocycles. The first-order valence-corrected chi connectivity index (χ1v) is 7.59. The molecule has 0 aliphatic carbocycles. The molecule has 1 N–H and O–H groups in total. The van der Waals surface area contributed by atoms with Crippen molar-refractivity contribution in [3.05, 3.63) is 28.7 Å².